The lowest BCUT2D eigenvalue weighted by Crippen LogP contribution is -2.50. The van der Waals surface area contributed by atoms with E-state index in [9.17, 15) is 9.59 Å². The lowest BCUT2D eigenvalue weighted by atomic mass is 9.95. The molecule has 30 heavy (non-hydrogen) atoms. The fraction of sp³-hybridized carbons (Fsp3) is 0.417. The molecular formula is C24H29ClN2O2S. The maximum absolute atomic E-state index is 13.2. The van der Waals surface area contributed by atoms with Crippen molar-refractivity contribution in [3.8, 4) is 0 Å². The Labute approximate surface area is 188 Å². The van der Waals surface area contributed by atoms with Gasteiger partial charge >= 0.3 is 0 Å². The zero-order valence-electron chi connectivity index (χ0n) is 17.4. The predicted molar refractivity (Wildman–Crippen MR) is 124 cm³/mol. The molecule has 1 fully saturated rings. The van der Waals surface area contributed by atoms with Crippen LogP contribution in [0.25, 0.3) is 0 Å². The fourth-order valence-corrected chi connectivity index (χ4v) is 4.71. The molecule has 0 aliphatic heterocycles. The minimum Gasteiger partial charge on any atom is -0.352 e. The third kappa shape index (κ3) is 6.51. The maximum atomic E-state index is 13.2. The zero-order chi connectivity index (χ0) is 21.3. The van der Waals surface area contributed by atoms with Gasteiger partial charge in [-0.05, 0) is 43.5 Å². The Balaban J connectivity index is 1.71. The van der Waals surface area contributed by atoms with Gasteiger partial charge in [-0.1, -0.05) is 67.3 Å². The van der Waals surface area contributed by atoms with Crippen LogP contribution in [0, 0.1) is 0 Å². The number of amides is 2. The highest BCUT2D eigenvalue weighted by atomic mass is 35.5. The van der Waals surface area contributed by atoms with E-state index in [0.717, 1.165) is 36.1 Å². The quantitative estimate of drug-likeness (QED) is 0.562. The van der Waals surface area contributed by atoms with Gasteiger partial charge in [-0.15, -0.1) is 11.8 Å². The molecule has 160 valence electrons. The molecule has 1 atom stereocenters. The van der Waals surface area contributed by atoms with E-state index < -0.39 is 6.04 Å². The molecule has 0 bridgehead atoms. The summed E-state index contributed by atoms with van der Waals surface area (Å²) in [6.45, 7) is 2.12. The van der Waals surface area contributed by atoms with Gasteiger partial charge in [0.2, 0.25) is 11.8 Å². The van der Waals surface area contributed by atoms with E-state index in [0.29, 0.717) is 11.6 Å². The van der Waals surface area contributed by atoms with Gasteiger partial charge in [0.1, 0.15) is 6.04 Å². The molecule has 2 aromatic carbocycles. The monoisotopic (exact) mass is 444 g/mol. The second kappa shape index (κ2) is 11.4. The van der Waals surface area contributed by atoms with E-state index >= 15 is 0 Å². The van der Waals surface area contributed by atoms with Gasteiger partial charge in [-0.2, -0.15) is 0 Å². The molecule has 3 rings (SSSR count). The normalized spacial score (nSPS) is 15.4. The number of nitrogens with one attached hydrogen (secondary N) is 1. The van der Waals surface area contributed by atoms with E-state index in [1.165, 1.54) is 18.2 Å². The third-order valence-corrected chi connectivity index (χ3v) is 6.89. The Kier molecular flexibility index (Phi) is 8.64. The minimum atomic E-state index is -0.563. The topological polar surface area (TPSA) is 49.4 Å². The highest BCUT2D eigenvalue weighted by molar-refractivity contribution is 8.00. The fourth-order valence-electron chi connectivity index (χ4n) is 3.71. The molecule has 6 heteroatoms. The summed E-state index contributed by atoms with van der Waals surface area (Å²) in [5, 5.41) is 3.76. The number of thioether (sulfide) groups is 1. The number of hydrogen-bond acceptors (Lipinski definition) is 3. The number of benzene rings is 2. The van der Waals surface area contributed by atoms with Crippen molar-refractivity contribution >= 4 is 35.2 Å². The van der Waals surface area contributed by atoms with Crippen LogP contribution in [0.5, 0.6) is 0 Å². The van der Waals surface area contributed by atoms with E-state index in [1.807, 2.05) is 54.6 Å². The van der Waals surface area contributed by atoms with Gasteiger partial charge in [-0.3, -0.25) is 9.59 Å². The van der Waals surface area contributed by atoms with Crippen molar-refractivity contribution in [1.82, 2.24) is 10.2 Å². The molecule has 0 spiro atoms. The first-order valence-electron chi connectivity index (χ1n) is 10.6. The van der Waals surface area contributed by atoms with Gasteiger partial charge in [0.05, 0.1) is 5.75 Å². The summed E-state index contributed by atoms with van der Waals surface area (Å²) < 4.78 is 0. The Morgan fingerprint density at radius 2 is 1.73 bits per heavy atom. The summed E-state index contributed by atoms with van der Waals surface area (Å²) >= 11 is 7.82. The largest absolute Gasteiger partial charge is 0.352 e. The highest BCUT2D eigenvalue weighted by Crippen LogP contribution is 2.23. The molecular weight excluding hydrogens is 416 g/mol. The average Bonchev–Trinajstić information content (AvgIpc) is 2.78. The van der Waals surface area contributed by atoms with Crippen LogP contribution in [-0.2, 0) is 16.1 Å². The standard InChI is InChI=1S/C24H29ClN2O2S/c1-18(24(29)26-20-11-4-2-5-12-20)27(16-19-10-8-9-15-22(19)25)23(28)17-30-21-13-6-3-7-14-21/h3,6-10,13-15,18,20H,2,4-5,11-12,16-17H2,1H3,(H,26,29)/t18-/m1/s1. The molecule has 4 nitrogen and oxygen atoms in total. The summed E-state index contributed by atoms with van der Waals surface area (Å²) in [4.78, 5) is 28.8. The molecule has 1 aliphatic carbocycles. The van der Waals surface area contributed by atoms with E-state index in [4.69, 9.17) is 11.6 Å². The van der Waals surface area contributed by atoms with E-state index in [1.54, 1.807) is 11.8 Å². The second-order valence-electron chi connectivity index (χ2n) is 7.73. The molecule has 1 saturated carbocycles. The molecule has 0 saturated heterocycles. The zero-order valence-corrected chi connectivity index (χ0v) is 18.9. The summed E-state index contributed by atoms with van der Waals surface area (Å²) in [6.07, 6.45) is 5.56. The summed E-state index contributed by atoms with van der Waals surface area (Å²) in [5.41, 5.74) is 0.842. The van der Waals surface area contributed by atoms with Crippen molar-refractivity contribution in [3.63, 3.8) is 0 Å². The SMILES string of the molecule is C[C@H](C(=O)NC1CCCCC1)N(Cc1ccccc1Cl)C(=O)CSc1ccccc1. The van der Waals surface area contributed by atoms with E-state index in [2.05, 4.69) is 5.32 Å². The predicted octanol–water partition coefficient (Wildman–Crippen LogP) is 5.30. The molecule has 1 aliphatic rings. The van der Waals surface area contributed by atoms with Crippen molar-refractivity contribution < 1.29 is 9.59 Å². The number of hydrogen-bond donors (Lipinski definition) is 1. The first-order chi connectivity index (χ1) is 14.5. The van der Waals surface area contributed by atoms with Gasteiger partial charge in [0.15, 0.2) is 0 Å². The van der Waals surface area contributed by atoms with Crippen LogP contribution in [0.15, 0.2) is 59.5 Å². The molecule has 2 amide bonds. The summed E-state index contributed by atoms with van der Waals surface area (Å²) in [6, 6.07) is 16.9. The van der Waals surface area contributed by atoms with E-state index in [-0.39, 0.29) is 23.6 Å². The molecule has 2 aromatic rings. The second-order valence-corrected chi connectivity index (χ2v) is 9.19. The molecule has 1 N–H and O–H groups in total. The van der Waals surface area contributed by atoms with Crippen LogP contribution >= 0.6 is 23.4 Å². The van der Waals surface area contributed by atoms with Crippen molar-refractivity contribution in [2.45, 2.75) is 62.6 Å². The first kappa shape index (κ1) is 22.7. The third-order valence-electron chi connectivity index (χ3n) is 5.52. The van der Waals surface area contributed by atoms with Crippen LogP contribution in [0.3, 0.4) is 0 Å². The van der Waals surface area contributed by atoms with Crippen LogP contribution < -0.4 is 5.32 Å². The Morgan fingerprint density at radius 3 is 2.43 bits per heavy atom. The lowest BCUT2D eigenvalue weighted by molar-refractivity contribution is -0.139. The smallest absolute Gasteiger partial charge is 0.242 e. The van der Waals surface area contributed by atoms with Gasteiger partial charge < -0.3 is 10.2 Å². The molecule has 0 heterocycles. The van der Waals surface area contributed by atoms with Crippen LogP contribution in [0.2, 0.25) is 5.02 Å². The van der Waals surface area contributed by atoms with Crippen molar-refractivity contribution in [3.05, 3.63) is 65.2 Å². The van der Waals surface area contributed by atoms with Crippen molar-refractivity contribution in [2.24, 2.45) is 0 Å². The van der Waals surface area contributed by atoms with Gasteiger partial charge in [0.25, 0.3) is 0 Å². The number of halogens is 1. The summed E-state index contributed by atoms with van der Waals surface area (Å²) in [5.74, 6) is 0.109. The Hall–Kier alpha value is -1.98. The highest BCUT2D eigenvalue weighted by Gasteiger charge is 2.28. The van der Waals surface area contributed by atoms with Crippen molar-refractivity contribution in [2.75, 3.05) is 5.75 Å². The Bertz CT molecular complexity index is 840. The van der Waals surface area contributed by atoms with Crippen molar-refractivity contribution in [1.29, 1.82) is 0 Å². The average molecular weight is 445 g/mol. The lowest BCUT2D eigenvalue weighted by Gasteiger charge is -2.31. The first-order valence-corrected chi connectivity index (χ1v) is 11.9. The number of rotatable bonds is 8. The Morgan fingerprint density at radius 1 is 1.07 bits per heavy atom. The number of carbonyl (C=O) groups excluding carboxylic acids is 2. The molecule has 0 aromatic heterocycles. The van der Waals surface area contributed by atoms with Crippen LogP contribution in [-0.4, -0.2) is 34.6 Å². The van der Waals surface area contributed by atoms with Crippen LogP contribution in [0.1, 0.15) is 44.6 Å². The van der Waals surface area contributed by atoms with Crippen LogP contribution in [0.4, 0.5) is 0 Å². The minimum absolute atomic E-state index is 0.0740. The van der Waals surface area contributed by atoms with Gasteiger partial charge in [-0.25, -0.2) is 0 Å². The maximum Gasteiger partial charge on any atom is 0.242 e. The molecule has 0 radical (unpaired) electrons. The number of carbonyl (C=O) groups is 2. The molecule has 0 unspecified atom stereocenters. The summed E-state index contributed by atoms with van der Waals surface area (Å²) in [7, 11) is 0. The van der Waals surface area contributed by atoms with Gasteiger partial charge in [0, 0.05) is 22.5 Å². The number of nitrogens with zero attached hydrogens (tertiary/aromatic N) is 1.